The van der Waals surface area contributed by atoms with E-state index in [4.69, 9.17) is 5.73 Å². The standard InChI is InChI=1S/C10H16N2S/c1-3-4-5-6-9(11)10-7-13-8(2)12-10/h3,7,9H,1,4-6,11H2,2H3. The van der Waals surface area contributed by atoms with E-state index < -0.39 is 0 Å². The van der Waals surface area contributed by atoms with Crippen LogP contribution in [0.4, 0.5) is 0 Å². The molecule has 3 heteroatoms. The average Bonchev–Trinajstić information content (AvgIpc) is 2.52. The molecule has 1 aromatic heterocycles. The summed E-state index contributed by atoms with van der Waals surface area (Å²) in [6.45, 7) is 5.68. The van der Waals surface area contributed by atoms with Crippen LogP contribution in [-0.4, -0.2) is 4.98 Å². The molecule has 0 aliphatic heterocycles. The summed E-state index contributed by atoms with van der Waals surface area (Å²) >= 11 is 1.66. The van der Waals surface area contributed by atoms with E-state index in [1.54, 1.807) is 11.3 Å². The van der Waals surface area contributed by atoms with E-state index in [2.05, 4.69) is 11.6 Å². The Labute approximate surface area is 83.5 Å². The van der Waals surface area contributed by atoms with E-state index >= 15 is 0 Å². The van der Waals surface area contributed by atoms with Crippen molar-refractivity contribution in [2.45, 2.75) is 32.2 Å². The van der Waals surface area contributed by atoms with Crippen molar-refractivity contribution in [1.82, 2.24) is 4.98 Å². The van der Waals surface area contributed by atoms with Crippen LogP contribution in [0.5, 0.6) is 0 Å². The number of unbranched alkanes of at least 4 members (excludes halogenated alkanes) is 1. The smallest absolute Gasteiger partial charge is 0.0898 e. The largest absolute Gasteiger partial charge is 0.323 e. The minimum absolute atomic E-state index is 0.102. The number of hydrogen-bond acceptors (Lipinski definition) is 3. The van der Waals surface area contributed by atoms with Crippen LogP contribution in [0.1, 0.15) is 36.0 Å². The molecule has 2 nitrogen and oxygen atoms in total. The van der Waals surface area contributed by atoms with Gasteiger partial charge in [-0.25, -0.2) is 4.98 Å². The third-order valence-corrected chi connectivity index (χ3v) is 2.73. The molecule has 0 bridgehead atoms. The molecule has 0 aromatic carbocycles. The van der Waals surface area contributed by atoms with Gasteiger partial charge in [-0.15, -0.1) is 17.9 Å². The number of rotatable bonds is 5. The van der Waals surface area contributed by atoms with E-state index in [1.165, 1.54) is 0 Å². The normalized spacial score (nSPS) is 12.8. The van der Waals surface area contributed by atoms with Gasteiger partial charge < -0.3 is 5.73 Å². The number of allylic oxidation sites excluding steroid dienone is 1. The molecule has 0 aliphatic carbocycles. The van der Waals surface area contributed by atoms with Crippen molar-refractivity contribution in [1.29, 1.82) is 0 Å². The number of nitrogens with two attached hydrogens (primary N) is 1. The van der Waals surface area contributed by atoms with Gasteiger partial charge in [0.05, 0.1) is 10.7 Å². The highest BCUT2D eigenvalue weighted by Gasteiger charge is 2.07. The lowest BCUT2D eigenvalue weighted by Gasteiger charge is -2.06. The fraction of sp³-hybridized carbons (Fsp3) is 0.500. The quantitative estimate of drug-likeness (QED) is 0.581. The Morgan fingerprint density at radius 3 is 3.08 bits per heavy atom. The van der Waals surface area contributed by atoms with Crippen molar-refractivity contribution in [2.24, 2.45) is 5.73 Å². The molecule has 72 valence electrons. The number of aromatic nitrogens is 1. The average molecular weight is 196 g/mol. The van der Waals surface area contributed by atoms with Crippen LogP contribution in [0.3, 0.4) is 0 Å². The van der Waals surface area contributed by atoms with Gasteiger partial charge in [-0.2, -0.15) is 0 Å². The summed E-state index contributed by atoms with van der Waals surface area (Å²) in [5, 5.41) is 3.14. The maximum Gasteiger partial charge on any atom is 0.0898 e. The van der Waals surface area contributed by atoms with E-state index in [-0.39, 0.29) is 6.04 Å². The topological polar surface area (TPSA) is 38.9 Å². The van der Waals surface area contributed by atoms with Crippen molar-refractivity contribution < 1.29 is 0 Å². The first-order valence-corrected chi connectivity index (χ1v) is 5.40. The molecule has 13 heavy (non-hydrogen) atoms. The second-order valence-electron chi connectivity index (χ2n) is 3.12. The summed E-state index contributed by atoms with van der Waals surface area (Å²) in [7, 11) is 0. The van der Waals surface area contributed by atoms with E-state index in [9.17, 15) is 0 Å². The van der Waals surface area contributed by atoms with Gasteiger partial charge in [0.2, 0.25) is 0 Å². The molecular weight excluding hydrogens is 180 g/mol. The lowest BCUT2D eigenvalue weighted by Crippen LogP contribution is -2.10. The Hall–Kier alpha value is -0.670. The van der Waals surface area contributed by atoms with Gasteiger partial charge in [-0.3, -0.25) is 0 Å². The number of aryl methyl sites for hydroxylation is 1. The summed E-state index contributed by atoms with van der Waals surface area (Å²) in [6.07, 6.45) is 5.06. The second kappa shape index (κ2) is 5.14. The Balaban J connectivity index is 2.39. The van der Waals surface area contributed by atoms with Crippen LogP contribution >= 0.6 is 11.3 Å². The number of thiazole rings is 1. The Morgan fingerprint density at radius 1 is 1.77 bits per heavy atom. The van der Waals surface area contributed by atoms with Crippen LogP contribution in [-0.2, 0) is 0 Å². The number of hydrogen-bond donors (Lipinski definition) is 1. The van der Waals surface area contributed by atoms with Gasteiger partial charge in [0.25, 0.3) is 0 Å². The molecule has 0 fully saturated rings. The predicted octanol–water partition coefficient (Wildman–Crippen LogP) is 2.81. The zero-order chi connectivity index (χ0) is 9.68. The zero-order valence-electron chi connectivity index (χ0n) is 7.99. The molecule has 1 aromatic rings. The maximum atomic E-state index is 5.96. The van der Waals surface area contributed by atoms with Crippen molar-refractivity contribution in [3.05, 3.63) is 28.7 Å². The van der Waals surface area contributed by atoms with Gasteiger partial charge in [0, 0.05) is 11.4 Å². The highest BCUT2D eigenvalue weighted by Crippen LogP contribution is 2.18. The molecule has 0 radical (unpaired) electrons. The summed E-state index contributed by atoms with van der Waals surface area (Å²) in [6, 6.07) is 0.102. The first kappa shape index (κ1) is 10.4. The van der Waals surface area contributed by atoms with Crippen molar-refractivity contribution in [3.8, 4) is 0 Å². The minimum Gasteiger partial charge on any atom is -0.323 e. The lowest BCUT2D eigenvalue weighted by molar-refractivity contribution is 0.605. The molecule has 1 unspecified atom stereocenters. The minimum atomic E-state index is 0.102. The molecule has 0 saturated heterocycles. The van der Waals surface area contributed by atoms with Gasteiger partial charge in [-0.05, 0) is 26.2 Å². The zero-order valence-corrected chi connectivity index (χ0v) is 8.81. The summed E-state index contributed by atoms with van der Waals surface area (Å²) in [4.78, 5) is 4.36. The number of nitrogens with zero attached hydrogens (tertiary/aromatic N) is 1. The summed E-state index contributed by atoms with van der Waals surface area (Å²) in [5.74, 6) is 0. The molecule has 0 aliphatic rings. The lowest BCUT2D eigenvalue weighted by atomic mass is 10.1. The van der Waals surface area contributed by atoms with Crippen molar-refractivity contribution in [2.75, 3.05) is 0 Å². The van der Waals surface area contributed by atoms with Crippen molar-refractivity contribution in [3.63, 3.8) is 0 Å². The van der Waals surface area contributed by atoms with Gasteiger partial charge in [-0.1, -0.05) is 6.08 Å². The van der Waals surface area contributed by atoms with Gasteiger partial charge >= 0.3 is 0 Å². The van der Waals surface area contributed by atoms with Crippen LogP contribution in [0.25, 0.3) is 0 Å². The third-order valence-electron chi connectivity index (χ3n) is 1.94. The fourth-order valence-electron chi connectivity index (χ4n) is 1.18. The monoisotopic (exact) mass is 196 g/mol. The first-order chi connectivity index (χ1) is 6.24. The molecule has 2 N–H and O–H groups in total. The Kier molecular flexibility index (Phi) is 4.12. The van der Waals surface area contributed by atoms with Crippen LogP contribution < -0.4 is 5.73 Å². The van der Waals surface area contributed by atoms with Gasteiger partial charge in [0.1, 0.15) is 0 Å². The predicted molar refractivity (Wildman–Crippen MR) is 57.8 cm³/mol. The second-order valence-corrected chi connectivity index (χ2v) is 4.18. The van der Waals surface area contributed by atoms with E-state index in [0.29, 0.717) is 0 Å². The van der Waals surface area contributed by atoms with Crippen molar-refractivity contribution >= 4 is 11.3 Å². The molecule has 1 atom stereocenters. The third kappa shape index (κ3) is 3.28. The van der Waals surface area contributed by atoms with Crippen LogP contribution in [0.2, 0.25) is 0 Å². The maximum absolute atomic E-state index is 5.96. The van der Waals surface area contributed by atoms with Crippen LogP contribution in [0, 0.1) is 6.92 Å². The molecule has 0 spiro atoms. The summed E-state index contributed by atoms with van der Waals surface area (Å²) in [5.41, 5.74) is 6.99. The SMILES string of the molecule is C=CCCCC(N)c1csc(C)n1. The molecule has 0 amide bonds. The van der Waals surface area contributed by atoms with Gasteiger partial charge in [0.15, 0.2) is 0 Å². The highest BCUT2D eigenvalue weighted by molar-refractivity contribution is 7.09. The van der Waals surface area contributed by atoms with E-state index in [0.717, 1.165) is 30.0 Å². The van der Waals surface area contributed by atoms with Crippen LogP contribution in [0.15, 0.2) is 18.0 Å². The molecular formula is C10H16N2S. The summed E-state index contributed by atoms with van der Waals surface area (Å²) < 4.78 is 0. The van der Waals surface area contributed by atoms with E-state index in [1.807, 2.05) is 18.4 Å². The highest BCUT2D eigenvalue weighted by atomic mass is 32.1. The first-order valence-electron chi connectivity index (χ1n) is 4.52. The Bertz CT molecular complexity index is 268. The molecule has 0 saturated carbocycles. The fourth-order valence-corrected chi connectivity index (χ4v) is 1.86. The molecule has 1 rings (SSSR count). The Morgan fingerprint density at radius 2 is 2.54 bits per heavy atom. The molecule has 1 heterocycles.